The average molecular weight is 360 g/mol. The third-order valence-corrected chi connectivity index (χ3v) is 5.97. The number of para-hydroxylation sites is 3. The van der Waals surface area contributed by atoms with E-state index in [2.05, 4.69) is 108 Å². The Hall–Kier alpha value is -3.52. The van der Waals surface area contributed by atoms with Crippen molar-refractivity contribution >= 4 is 43.6 Å². The Kier molecular flexibility index (Phi) is 3.05. The Bertz CT molecular complexity index is 1530. The zero-order valence-corrected chi connectivity index (χ0v) is 16.0. The van der Waals surface area contributed by atoms with Crippen LogP contribution in [0, 0.1) is 6.92 Å². The van der Waals surface area contributed by atoms with Crippen molar-refractivity contribution in [2.24, 2.45) is 7.05 Å². The molecule has 0 aliphatic heterocycles. The highest BCUT2D eigenvalue weighted by Crippen LogP contribution is 2.37. The van der Waals surface area contributed by atoms with Crippen molar-refractivity contribution in [2.75, 3.05) is 0 Å². The molecule has 0 atom stereocenters. The van der Waals surface area contributed by atoms with Gasteiger partial charge in [-0.05, 0) is 37.3 Å². The number of fused-ring (bicyclic) bond motifs is 6. The Morgan fingerprint density at radius 1 is 0.571 bits per heavy atom. The van der Waals surface area contributed by atoms with Crippen LogP contribution in [-0.4, -0.2) is 9.13 Å². The highest BCUT2D eigenvalue weighted by atomic mass is 15.0. The molecule has 4 aromatic carbocycles. The summed E-state index contributed by atoms with van der Waals surface area (Å²) in [6.07, 6.45) is 0. The molecule has 0 fully saturated rings. The SMILES string of the molecule is Cc1ccc2c(c1)c1ccccc1n2-c1cccc2c3ccccc3n(C)c12. The van der Waals surface area contributed by atoms with Gasteiger partial charge in [-0.25, -0.2) is 0 Å². The van der Waals surface area contributed by atoms with Gasteiger partial charge in [0.25, 0.3) is 0 Å². The smallest absolute Gasteiger partial charge is 0.0733 e. The molecule has 0 N–H and O–H groups in total. The second-order valence-electron chi connectivity index (χ2n) is 7.62. The van der Waals surface area contributed by atoms with E-state index in [1.54, 1.807) is 0 Å². The van der Waals surface area contributed by atoms with Gasteiger partial charge in [-0.2, -0.15) is 0 Å². The first kappa shape index (κ1) is 15.5. The second-order valence-corrected chi connectivity index (χ2v) is 7.62. The van der Waals surface area contributed by atoms with Crippen LogP contribution in [-0.2, 0) is 7.05 Å². The van der Waals surface area contributed by atoms with Gasteiger partial charge in [0.05, 0.1) is 22.2 Å². The summed E-state index contributed by atoms with van der Waals surface area (Å²) in [6, 6.07) is 30.8. The Morgan fingerprint density at radius 2 is 1.21 bits per heavy atom. The van der Waals surface area contributed by atoms with Crippen LogP contribution in [0.2, 0.25) is 0 Å². The lowest BCUT2D eigenvalue weighted by Crippen LogP contribution is -1.98. The molecule has 2 heteroatoms. The molecule has 6 rings (SSSR count). The van der Waals surface area contributed by atoms with E-state index in [1.165, 1.54) is 54.9 Å². The van der Waals surface area contributed by atoms with Gasteiger partial charge < -0.3 is 9.13 Å². The van der Waals surface area contributed by atoms with Gasteiger partial charge in [0.15, 0.2) is 0 Å². The number of hydrogen-bond donors (Lipinski definition) is 0. The van der Waals surface area contributed by atoms with Gasteiger partial charge in [0.1, 0.15) is 0 Å². The minimum atomic E-state index is 1.23. The molecule has 0 spiro atoms. The summed E-state index contributed by atoms with van der Waals surface area (Å²) in [4.78, 5) is 0. The summed E-state index contributed by atoms with van der Waals surface area (Å²) in [7, 11) is 2.17. The number of nitrogens with zero attached hydrogens (tertiary/aromatic N) is 2. The van der Waals surface area contributed by atoms with Crippen molar-refractivity contribution in [3.63, 3.8) is 0 Å². The molecule has 2 aromatic heterocycles. The fraction of sp³-hybridized carbons (Fsp3) is 0.0769. The third-order valence-electron chi connectivity index (χ3n) is 5.97. The van der Waals surface area contributed by atoms with Crippen molar-refractivity contribution in [3.05, 3.63) is 90.5 Å². The molecule has 0 radical (unpaired) electrons. The minimum Gasteiger partial charge on any atom is -0.342 e. The van der Waals surface area contributed by atoms with Crippen molar-refractivity contribution in [3.8, 4) is 5.69 Å². The summed E-state index contributed by atoms with van der Waals surface area (Å²) in [5, 5.41) is 5.22. The molecular formula is C26H20N2. The van der Waals surface area contributed by atoms with E-state index in [0.717, 1.165) is 0 Å². The van der Waals surface area contributed by atoms with Gasteiger partial charge in [-0.1, -0.05) is 60.2 Å². The van der Waals surface area contributed by atoms with Gasteiger partial charge in [-0.15, -0.1) is 0 Å². The van der Waals surface area contributed by atoms with Crippen LogP contribution in [0.3, 0.4) is 0 Å². The number of benzene rings is 4. The second kappa shape index (κ2) is 5.49. The molecule has 2 heterocycles. The molecule has 6 aromatic rings. The number of aryl methyl sites for hydroxylation is 2. The highest BCUT2D eigenvalue weighted by molar-refractivity contribution is 6.14. The quantitative estimate of drug-likeness (QED) is 0.307. The Labute approximate surface area is 163 Å². The largest absolute Gasteiger partial charge is 0.342 e. The molecule has 2 nitrogen and oxygen atoms in total. The summed E-state index contributed by atoms with van der Waals surface area (Å²) < 4.78 is 4.75. The predicted molar refractivity (Wildman–Crippen MR) is 120 cm³/mol. The molecule has 0 unspecified atom stereocenters. The van der Waals surface area contributed by atoms with E-state index in [-0.39, 0.29) is 0 Å². The predicted octanol–water partition coefficient (Wildman–Crippen LogP) is 6.74. The standard InChI is InChI=1S/C26H20N2/c1-17-14-15-24-21(16-17)19-9-4-6-12-23(19)28(24)25-13-7-10-20-18-8-3-5-11-22(18)27(2)26(20)25/h3-16H,1-2H3. The maximum atomic E-state index is 2.42. The van der Waals surface area contributed by atoms with Crippen LogP contribution in [0.5, 0.6) is 0 Å². The molecule has 134 valence electrons. The van der Waals surface area contributed by atoms with Crippen LogP contribution in [0.15, 0.2) is 84.9 Å². The van der Waals surface area contributed by atoms with Crippen LogP contribution < -0.4 is 0 Å². The molecular weight excluding hydrogens is 340 g/mol. The third kappa shape index (κ3) is 1.92. The average Bonchev–Trinajstić information content (AvgIpc) is 3.21. The van der Waals surface area contributed by atoms with Crippen molar-refractivity contribution in [1.82, 2.24) is 9.13 Å². The number of rotatable bonds is 1. The molecule has 0 aliphatic rings. The van der Waals surface area contributed by atoms with Gasteiger partial charge in [0.2, 0.25) is 0 Å². The molecule has 0 amide bonds. The van der Waals surface area contributed by atoms with Crippen LogP contribution in [0.4, 0.5) is 0 Å². The molecule has 0 saturated carbocycles. The topological polar surface area (TPSA) is 9.86 Å². The van der Waals surface area contributed by atoms with E-state index in [9.17, 15) is 0 Å². The lowest BCUT2D eigenvalue weighted by molar-refractivity contribution is 1.00. The zero-order valence-electron chi connectivity index (χ0n) is 16.0. The van der Waals surface area contributed by atoms with Crippen molar-refractivity contribution in [1.29, 1.82) is 0 Å². The summed E-state index contributed by atoms with van der Waals surface area (Å²) in [5.41, 5.74) is 7.56. The first-order valence-electron chi connectivity index (χ1n) is 9.70. The Balaban J connectivity index is 1.86. The zero-order chi connectivity index (χ0) is 18.8. The van der Waals surface area contributed by atoms with E-state index >= 15 is 0 Å². The highest BCUT2D eigenvalue weighted by Gasteiger charge is 2.17. The maximum absolute atomic E-state index is 2.42. The number of aromatic nitrogens is 2. The minimum absolute atomic E-state index is 1.23. The van der Waals surface area contributed by atoms with E-state index in [0.29, 0.717) is 0 Å². The van der Waals surface area contributed by atoms with Gasteiger partial charge in [0, 0.05) is 34.1 Å². The van der Waals surface area contributed by atoms with Crippen LogP contribution in [0.25, 0.3) is 49.3 Å². The van der Waals surface area contributed by atoms with Crippen molar-refractivity contribution in [2.45, 2.75) is 6.92 Å². The normalized spacial score (nSPS) is 11.9. The van der Waals surface area contributed by atoms with E-state index < -0.39 is 0 Å². The van der Waals surface area contributed by atoms with Crippen LogP contribution in [0.1, 0.15) is 5.56 Å². The summed E-state index contributed by atoms with van der Waals surface area (Å²) in [6.45, 7) is 2.16. The molecule has 0 aliphatic carbocycles. The lowest BCUT2D eigenvalue weighted by atomic mass is 10.1. The van der Waals surface area contributed by atoms with Crippen LogP contribution >= 0.6 is 0 Å². The fourth-order valence-electron chi connectivity index (χ4n) is 4.74. The molecule has 28 heavy (non-hydrogen) atoms. The molecule has 0 bridgehead atoms. The maximum Gasteiger partial charge on any atom is 0.0733 e. The van der Waals surface area contributed by atoms with Crippen molar-refractivity contribution < 1.29 is 0 Å². The monoisotopic (exact) mass is 360 g/mol. The Morgan fingerprint density at radius 3 is 2.04 bits per heavy atom. The fourth-order valence-corrected chi connectivity index (χ4v) is 4.74. The first-order chi connectivity index (χ1) is 13.7. The number of hydrogen-bond acceptors (Lipinski definition) is 0. The summed E-state index contributed by atoms with van der Waals surface area (Å²) in [5.74, 6) is 0. The van der Waals surface area contributed by atoms with Gasteiger partial charge >= 0.3 is 0 Å². The first-order valence-corrected chi connectivity index (χ1v) is 9.70. The summed E-state index contributed by atoms with van der Waals surface area (Å²) >= 11 is 0. The molecule has 0 saturated heterocycles. The van der Waals surface area contributed by atoms with E-state index in [1.807, 2.05) is 0 Å². The van der Waals surface area contributed by atoms with E-state index in [4.69, 9.17) is 0 Å². The lowest BCUT2D eigenvalue weighted by Gasteiger charge is -2.11. The van der Waals surface area contributed by atoms with Gasteiger partial charge in [-0.3, -0.25) is 0 Å².